The zero-order valence-electron chi connectivity index (χ0n) is 22.0. The van der Waals surface area contributed by atoms with Gasteiger partial charge < -0.3 is 62.6 Å². The zero-order chi connectivity index (χ0) is 28.6. The third-order valence-corrected chi connectivity index (χ3v) is 4.54. The summed E-state index contributed by atoms with van der Waals surface area (Å²) < 4.78 is 0. The minimum atomic E-state index is -1.82. The number of nitrogens with two attached hydrogens (primary N) is 5. The molecule has 2 saturated carbocycles. The molecule has 0 saturated heterocycles. The molecule has 270 valence electrons. The summed E-state index contributed by atoms with van der Waals surface area (Å²) in [6, 6.07) is 5.56. The molecule has 2 aliphatic rings. The van der Waals surface area contributed by atoms with Crippen LogP contribution in [0.3, 0.4) is 0 Å². The molecular formula is C19H37Cl4N8O8Pt4-. The molecule has 16 nitrogen and oxygen atoms in total. The number of rotatable bonds is 2. The number of nitrogens with one attached hydrogen (secondary N) is 2. The monoisotopic (exact) mass is 1430 g/mol. The summed E-state index contributed by atoms with van der Waals surface area (Å²) in [6.07, 6.45) is 9.00. The third-order valence-electron chi connectivity index (χ3n) is 4.54. The van der Waals surface area contributed by atoms with Crippen molar-refractivity contribution in [3.05, 3.63) is 72.8 Å². The number of halogens is 4. The predicted molar refractivity (Wildman–Crippen MR) is 156 cm³/mol. The number of carboxylic acids is 4. The molecule has 0 unspecified atom stereocenters. The first-order valence-electron chi connectivity index (χ1n) is 9.72. The number of aliphatic carboxylic acids is 4. The molecule has 1 heterocycles. The number of carboxylic acid groups (broad SMARTS) is 4. The first-order chi connectivity index (χ1) is 16.9. The fourth-order valence-corrected chi connectivity index (χ4v) is 2.49. The van der Waals surface area contributed by atoms with E-state index in [1.807, 2.05) is 18.2 Å². The van der Waals surface area contributed by atoms with Crippen LogP contribution in [-0.4, -0.2) is 61.4 Å². The maximum Gasteiger partial charge on any atom is 2.00 e. The Labute approximate surface area is 313 Å². The van der Waals surface area contributed by atoms with E-state index in [9.17, 15) is 9.59 Å². The van der Waals surface area contributed by atoms with Crippen LogP contribution in [0.5, 0.6) is 0 Å². The zero-order valence-corrected chi connectivity index (χ0v) is 34.1. The first-order valence-corrected chi connectivity index (χ1v) is 21.0. The molecule has 1 aromatic heterocycles. The fraction of sp³-hybridized carbons (Fsp3) is 0.526. The number of carbonyl (C=O) groups is 4. The van der Waals surface area contributed by atoms with Crippen LogP contribution in [0.15, 0.2) is 30.6 Å². The molecule has 0 aromatic carbocycles. The molecule has 2 atom stereocenters. The van der Waals surface area contributed by atoms with Crippen LogP contribution in [0, 0.1) is 5.41 Å². The van der Waals surface area contributed by atoms with E-state index in [-0.39, 0.29) is 97.8 Å². The Morgan fingerprint density at radius 1 is 0.721 bits per heavy atom. The Kier molecular flexibility index (Phi) is 76.8. The second-order valence-corrected chi connectivity index (χ2v) is 13.3. The standard InChI is InChI=1S/C6H12N2.C6H8O4.C5H5N.C2H2O4.4ClH.5H2N.4Pt/c7-5-3-1-2-4-6(5)8;7-4(8)6(5(9)10)2-1-3-6;1-2-4-6-5-3-1;3-1(4)2(5)6;;;;;;;;;;;;;/h5-8H,1-4H2;1-3H2,(H,7,8)(H,9,10);1-5H;(H,3,4)(H,5,6);4*1H;5*1H2;;;;/q-2;;;;;;;;5*-1;3*+2;+4/p-4/t5-,6-;;;;;;;;;;;;;;;;/m1................/s1. The molecule has 2 fully saturated rings. The van der Waals surface area contributed by atoms with E-state index in [0.29, 0.717) is 6.42 Å². The van der Waals surface area contributed by atoms with E-state index in [0.717, 1.165) is 12.8 Å². The fourth-order valence-electron chi connectivity index (χ4n) is 2.49. The second kappa shape index (κ2) is 47.1. The van der Waals surface area contributed by atoms with Gasteiger partial charge in [-0.3, -0.25) is 14.6 Å². The van der Waals surface area contributed by atoms with Crippen molar-refractivity contribution in [3.8, 4) is 0 Å². The molecule has 24 heteroatoms. The summed E-state index contributed by atoms with van der Waals surface area (Å²) in [4.78, 5) is 42.7. The summed E-state index contributed by atoms with van der Waals surface area (Å²) in [6.45, 7) is 0. The van der Waals surface area contributed by atoms with Crippen molar-refractivity contribution in [1.29, 1.82) is 0 Å². The van der Waals surface area contributed by atoms with Gasteiger partial charge in [-0.2, -0.15) is 12.1 Å². The summed E-state index contributed by atoms with van der Waals surface area (Å²) in [7, 11) is 19.5. The Morgan fingerprint density at radius 3 is 1.07 bits per heavy atom. The molecule has 16 N–H and O–H groups in total. The van der Waals surface area contributed by atoms with Crippen molar-refractivity contribution in [3.63, 3.8) is 0 Å². The molecule has 0 radical (unpaired) electrons. The van der Waals surface area contributed by atoms with Gasteiger partial charge in [-0.05, 0) is 31.4 Å². The van der Waals surface area contributed by atoms with Gasteiger partial charge in [0, 0.05) is 12.4 Å². The van der Waals surface area contributed by atoms with Crippen LogP contribution in [0.1, 0.15) is 44.9 Å². The largest absolute Gasteiger partial charge is 2.00 e. The Bertz CT molecular complexity index is 693. The van der Waals surface area contributed by atoms with Crippen molar-refractivity contribution in [2.75, 3.05) is 0 Å². The van der Waals surface area contributed by atoms with E-state index in [1.165, 1.54) is 12.8 Å². The molecular weight excluding hydrogens is 1390 g/mol. The maximum absolute atomic E-state index is 10.4. The maximum atomic E-state index is 10.4. The van der Waals surface area contributed by atoms with Gasteiger partial charge in [-0.25, -0.2) is 9.59 Å². The van der Waals surface area contributed by atoms with Crippen molar-refractivity contribution in [1.82, 2.24) is 4.98 Å². The Hall–Kier alpha value is 0.663. The molecule has 0 amide bonds. The van der Waals surface area contributed by atoms with Gasteiger partial charge in [0.15, 0.2) is 5.41 Å². The van der Waals surface area contributed by atoms with Crippen molar-refractivity contribution in [2.24, 2.45) is 5.41 Å². The van der Waals surface area contributed by atoms with Crippen molar-refractivity contribution < 1.29 is 115 Å². The molecule has 0 bridgehead atoms. The van der Waals surface area contributed by atoms with Crippen LogP contribution < -0.4 is 0 Å². The topological polar surface area (TPSA) is 377 Å². The van der Waals surface area contributed by atoms with Crippen LogP contribution in [0.2, 0.25) is 0 Å². The van der Waals surface area contributed by atoms with Gasteiger partial charge in [0.1, 0.15) is 0 Å². The second-order valence-electron chi connectivity index (χ2n) is 6.77. The summed E-state index contributed by atoms with van der Waals surface area (Å²) >= 11 is -0.944. The Balaban J connectivity index is -0.0000000383. The third kappa shape index (κ3) is 40.6. The van der Waals surface area contributed by atoms with Crippen LogP contribution in [0.25, 0.3) is 42.2 Å². The van der Waals surface area contributed by atoms with Gasteiger partial charge in [-0.15, -0.1) is 0 Å². The average molecular weight is 1430 g/mol. The van der Waals surface area contributed by atoms with Gasteiger partial charge in [0.05, 0.1) is 0 Å². The number of hydrogen-bond acceptors (Lipinski definition) is 5. The van der Waals surface area contributed by atoms with Gasteiger partial charge >= 0.3 is 137 Å². The van der Waals surface area contributed by atoms with Gasteiger partial charge in [0.2, 0.25) is 0 Å². The normalized spacial score (nSPS) is 15.5. The van der Waals surface area contributed by atoms with E-state index in [1.54, 1.807) is 12.4 Å². The number of aromatic nitrogens is 1. The van der Waals surface area contributed by atoms with Gasteiger partial charge in [-0.1, -0.05) is 31.7 Å². The predicted octanol–water partition coefficient (Wildman–Crippen LogP) is 9.30. The first kappa shape index (κ1) is 70.1. The molecule has 2 aliphatic carbocycles. The minimum absolute atomic E-state index is 0. The molecule has 0 aliphatic heterocycles. The van der Waals surface area contributed by atoms with Crippen LogP contribution >= 0.6 is 37.7 Å². The molecule has 0 spiro atoms. The molecule has 3 rings (SSSR count). The van der Waals surface area contributed by atoms with Crippen LogP contribution in [0.4, 0.5) is 0 Å². The minimum Gasteiger partial charge on any atom is -0.693 e. The Morgan fingerprint density at radius 2 is 1.00 bits per heavy atom. The van der Waals surface area contributed by atoms with Crippen LogP contribution in [-0.2, 0) is 94.3 Å². The average Bonchev–Trinajstić information content (AvgIpc) is 2.78. The summed E-state index contributed by atoms with van der Waals surface area (Å²) in [5.41, 5.74) is 13.1. The van der Waals surface area contributed by atoms with Crippen molar-refractivity contribution in [2.45, 2.75) is 57.0 Å². The SMILES string of the molecule is O=C(O)C(=O)O.O=C(O)C1(C(=O)O)CCC1.[Cl][Pt+2][Cl].[Cl][Pt][Cl].[NH-][C@@H]1CCCC[C@H]1[NH-].[NH2-].[NH2-].[NH2-].[NH2-].[NH2-].[Pt+2].[Pt+2].c1ccncc1. The number of hydrogen-bond donors (Lipinski definition) is 4. The van der Waals surface area contributed by atoms with Crippen molar-refractivity contribution >= 4 is 61.5 Å². The summed E-state index contributed by atoms with van der Waals surface area (Å²) in [5.74, 6) is -6.05. The van der Waals surface area contributed by atoms with E-state index in [4.69, 9.17) is 79.2 Å². The molecule has 43 heavy (non-hydrogen) atoms. The van der Waals surface area contributed by atoms with E-state index in [2.05, 4.69) is 4.98 Å². The van der Waals surface area contributed by atoms with E-state index >= 15 is 0 Å². The van der Waals surface area contributed by atoms with Gasteiger partial charge in [0.25, 0.3) is 0 Å². The smallest absolute Gasteiger partial charge is 0.693 e. The van der Waals surface area contributed by atoms with E-state index < -0.39 is 62.3 Å². The quantitative estimate of drug-likeness (QED) is 0.162. The molecule has 1 aromatic rings. The number of nitrogens with zero attached hydrogens (tertiary/aromatic N) is 1. The number of pyridine rings is 1. The summed E-state index contributed by atoms with van der Waals surface area (Å²) in [5, 5.41) is 31.7.